The third-order valence-electron chi connectivity index (χ3n) is 10.7. The van der Waals surface area contributed by atoms with Crippen molar-refractivity contribution < 1.29 is 48.0 Å². The number of Topliss-reactive ketones (excluding diaryl/α,β-unsaturated/α-hetero) is 1. The molecule has 16 nitrogen and oxygen atoms in total. The van der Waals surface area contributed by atoms with Crippen LogP contribution in [0.3, 0.4) is 0 Å². The van der Waals surface area contributed by atoms with Gasteiger partial charge in [-0.2, -0.15) is 0 Å². The minimum absolute atomic E-state index is 0.227. The molecule has 0 aromatic rings. The summed E-state index contributed by atoms with van der Waals surface area (Å²) in [5, 5.41) is 14.5. The Kier molecular flexibility index (Phi) is 14.5. The number of rotatable bonds is 9. The molecule has 3 unspecified atom stereocenters. The van der Waals surface area contributed by atoms with Gasteiger partial charge in [-0.3, -0.25) is 19.3 Å². The number of hydrogen-bond acceptors (Lipinski definition) is 12. The Balaban J connectivity index is 2.09. The molecule has 50 heavy (non-hydrogen) atoms. The molecule has 0 aliphatic carbocycles. The number of amides is 2. The van der Waals surface area contributed by atoms with Gasteiger partial charge >= 0.3 is 12.1 Å². The number of cyclic esters (lactones) is 1. The molecule has 284 valence electrons. The molecule has 3 aliphatic heterocycles. The van der Waals surface area contributed by atoms with Crippen molar-refractivity contribution in [2.75, 3.05) is 26.7 Å². The second-order valence-corrected chi connectivity index (χ2v) is 14.6. The molecule has 3 saturated heterocycles. The summed E-state index contributed by atoms with van der Waals surface area (Å²) in [4.78, 5) is 60.6. The summed E-state index contributed by atoms with van der Waals surface area (Å²) < 4.78 is 30.4. The standard InChI is InChI=1S/C34H58N6O10/c1-10-26-34(8)29(39(32(45)50-34)14-12-11-13-37-38-36)22(5)40(23(6)41)18-19(2)17-33(7,46-9)27(16-25(42)21(4)30(44)48-26)49-31-28(43)24(35)15-20(3)47-31/h19-22,24,26-29,31,43H,10-18,35H2,1-9H3/t19-,20?,21-,22-,24?,26-,27-,28?,29-,31+,33+,34-/m1/s1. The van der Waals surface area contributed by atoms with Crippen LogP contribution in [0.25, 0.3) is 10.4 Å². The lowest BCUT2D eigenvalue weighted by molar-refractivity contribution is -0.282. The van der Waals surface area contributed by atoms with Crippen LogP contribution in [0.15, 0.2) is 5.11 Å². The van der Waals surface area contributed by atoms with Gasteiger partial charge in [0, 0.05) is 51.0 Å². The molecule has 3 N–H and O–H groups in total. The van der Waals surface area contributed by atoms with E-state index in [0.717, 1.165) is 0 Å². The number of nitrogens with zero attached hydrogens (tertiary/aromatic N) is 5. The minimum atomic E-state index is -1.39. The summed E-state index contributed by atoms with van der Waals surface area (Å²) in [6, 6.07) is -1.95. The quantitative estimate of drug-likeness (QED) is 0.0882. The van der Waals surface area contributed by atoms with Crippen LogP contribution in [0.1, 0.15) is 93.9 Å². The first-order chi connectivity index (χ1) is 23.4. The molecule has 0 saturated carbocycles. The lowest BCUT2D eigenvalue weighted by atomic mass is 9.82. The topological polar surface area (TPSA) is 216 Å². The first-order valence-corrected chi connectivity index (χ1v) is 17.7. The number of nitrogens with two attached hydrogens (primary N) is 1. The highest BCUT2D eigenvalue weighted by atomic mass is 16.7. The SMILES string of the molecule is CC[C@H]1OC(=O)[C@H](C)C(=O)C[C@@H](O[C@@H]2OC(C)CC(N)C2O)[C@@](C)(OC)C[C@@H](C)CN(C(C)=O)[C@H](C)[C@H]2N(CCCCN=[N+]=[N-])C(=O)O[C@]12C. The van der Waals surface area contributed by atoms with Gasteiger partial charge < -0.3 is 39.4 Å². The fourth-order valence-electron chi connectivity index (χ4n) is 7.77. The Morgan fingerprint density at radius 3 is 2.46 bits per heavy atom. The Morgan fingerprint density at radius 2 is 1.86 bits per heavy atom. The Labute approximate surface area is 295 Å². The van der Waals surface area contributed by atoms with Gasteiger partial charge in [0.2, 0.25) is 5.91 Å². The molecule has 0 radical (unpaired) electrons. The van der Waals surface area contributed by atoms with Crippen molar-refractivity contribution >= 4 is 23.8 Å². The van der Waals surface area contributed by atoms with E-state index in [4.69, 9.17) is 34.9 Å². The van der Waals surface area contributed by atoms with E-state index in [1.165, 1.54) is 21.0 Å². The first-order valence-electron chi connectivity index (χ1n) is 17.7. The number of ketones is 1. The van der Waals surface area contributed by atoms with Crippen molar-refractivity contribution in [2.24, 2.45) is 22.7 Å². The zero-order valence-electron chi connectivity index (χ0n) is 31.1. The Hall–Kier alpha value is -3.01. The van der Waals surface area contributed by atoms with Crippen LogP contribution in [0.5, 0.6) is 0 Å². The van der Waals surface area contributed by atoms with Gasteiger partial charge in [0.25, 0.3) is 0 Å². The van der Waals surface area contributed by atoms with Crippen LogP contribution >= 0.6 is 0 Å². The number of ether oxygens (including phenoxy) is 5. The number of aliphatic hydroxyl groups excluding tert-OH is 1. The third kappa shape index (κ3) is 9.25. The van der Waals surface area contributed by atoms with E-state index in [0.29, 0.717) is 25.7 Å². The summed E-state index contributed by atoms with van der Waals surface area (Å²) in [5.41, 5.74) is 12.3. The van der Waals surface area contributed by atoms with E-state index < -0.39 is 77.7 Å². The maximum Gasteiger partial charge on any atom is 0.410 e. The number of methoxy groups -OCH3 is 1. The largest absolute Gasteiger partial charge is 0.458 e. The Morgan fingerprint density at radius 1 is 1.18 bits per heavy atom. The third-order valence-corrected chi connectivity index (χ3v) is 10.7. The van der Waals surface area contributed by atoms with Crippen LogP contribution < -0.4 is 5.73 Å². The van der Waals surface area contributed by atoms with E-state index >= 15 is 0 Å². The molecule has 0 aromatic carbocycles. The molecule has 3 fully saturated rings. The van der Waals surface area contributed by atoms with Crippen LogP contribution in [0, 0.1) is 11.8 Å². The highest BCUT2D eigenvalue weighted by molar-refractivity contribution is 5.99. The predicted molar refractivity (Wildman–Crippen MR) is 181 cm³/mol. The normalized spacial score (nSPS) is 39.1. The molecule has 3 heterocycles. The average Bonchev–Trinajstić information content (AvgIpc) is 3.31. The maximum absolute atomic E-state index is 13.9. The van der Waals surface area contributed by atoms with Crippen LogP contribution in [-0.2, 0) is 38.1 Å². The predicted octanol–water partition coefficient (Wildman–Crippen LogP) is 3.46. The average molecular weight is 711 g/mol. The van der Waals surface area contributed by atoms with Gasteiger partial charge in [-0.05, 0) is 78.2 Å². The van der Waals surface area contributed by atoms with E-state index in [1.807, 2.05) is 20.8 Å². The van der Waals surface area contributed by atoms with Gasteiger partial charge in [0.15, 0.2) is 11.9 Å². The number of carbonyl (C=O) groups excluding carboxylic acids is 4. The number of unbranched alkanes of at least 4 members (excludes halogenated alkanes) is 1. The van der Waals surface area contributed by atoms with Crippen molar-refractivity contribution in [3.05, 3.63) is 10.4 Å². The fourth-order valence-corrected chi connectivity index (χ4v) is 7.77. The highest BCUT2D eigenvalue weighted by Crippen LogP contribution is 2.40. The number of fused-ring (bicyclic) bond motifs is 1. The number of aliphatic hydroxyl groups is 1. The summed E-state index contributed by atoms with van der Waals surface area (Å²) in [6.45, 7) is 14.6. The van der Waals surface area contributed by atoms with Crippen LogP contribution in [-0.4, -0.2) is 125 Å². The van der Waals surface area contributed by atoms with Crippen molar-refractivity contribution in [3.63, 3.8) is 0 Å². The first kappa shape index (κ1) is 41.4. The van der Waals surface area contributed by atoms with Gasteiger partial charge in [0.1, 0.15) is 23.9 Å². The lowest BCUT2D eigenvalue weighted by Crippen LogP contribution is -2.62. The molecule has 3 rings (SSSR count). The summed E-state index contributed by atoms with van der Waals surface area (Å²) in [5.74, 6) is -2.96. The monoisotopic (exact) mass is 710 g/mol. The zero-order chi connectivity index (χ0) is 37.6. The van der Waals surface area contributed by atoms with Gasteiger partial charge in [0.05, 0.1) is 29.9 Å². The van der Waals surface area contributed by atoms with Crippen LogP contribution in [0.4, 0.5) is 4.79 Å². The summed E-state index contributed by atoms with van der Waals surface area (Å²) in [7, 11) is 1.50. The highest BCUT2D eigenvalue weighted by Gasteiger charge is 2.59. The molecule has 12 atom stereocenters. The molecule has 0 aromatic heterocycles. The van der Waals surface area contributed by atoms with E-state index in [9.17, 15) is 24.3 Å². The molecule has 16 heteroatoms. The van der Waals surface area contributed by atoms with Gasteiger partial charge in [-0.25, -0.2) is 4.79 Å². The van der Waals surface area contributed by atoms with Gasteiger partial charge in [-0.1, -0.05) is 19.0 Å². The molecular formula is C34H58N6O10. The van der Waals surface area contributed by atoms with Crippen molar-refractivity contribution in [1.29, 1.82) is 0 Å². The molecular weight excluding hydrogens is 652 g/mol. The second kappa shape index (κ2) is 17.5. The van der Waals surface area contributed by atoms with Gasteiger partial charge in [-0.15, -0.1) is 0 Å². The summed E-state index contributed by atoms with van der Waals surface area (Å²) >= 11 is 0. The summed E-state index contributed by atoms with van der Waals surface area (Å²) in [6.07, 6.45) is -3.44. The van der Waals surface area contributed by atoms with E-state index in [1.54, 1.807) is 30.6 Å². The Bertz CT molecular complexity index is 1270. The van der Waals surface area contributed by atoms with Crippen molar-refractivity contribution in [3.8, 4) is 0 Å². The number of carbonyl (C=O) groups is 4. The second-order valence-electron chi connectivity index (χ2n) is 14.6. The molecule has 0 bridgehead atoms. The van der Waals surface area contributed by atoms with E-state index in [2.05, 4.69) is 10.0 Å². The minimum Gasteiger partial charge on any atom is -0.458 e. The lowest BCUT2D eigenvalue weighted by Gasteiger charge is -2.45. The molecule has 3 aliphatic rings. The fraction of sp³-hybridized carbons (Fsp3) is 0.882. The number of esters is 1. The zero-order valence-corrected chi connectivity index (χ0v) is 31.1. The van der Waals surface area contributed by atoms with Crippen LogP contribution in [0.2, 0.25) is 0 Å². The maximum atomic E-state index is 13.9. The molecule has 0 spiro atoms. The number of hydrogen-bond donors (Lipinski definition) is 2. The smallest absolute Gasteiger partial charge is 0.410 e. The van der Waals surface area contributed by atoms with Crippen molar-refractivity contribution in [1.82, 2.24) is 9.80 Å². The van der Waals surface area contributed by atoms with Crippen molar-refractivity contribution in [2.45, 2.75) is 154 Å². The number of azide groups is 1. The van der Waals surface area contributed by atoms with E-state index in [-0.39, 0.29) is 50.4 Å². The molecule has 2 amide bonds.